The molecule has 0 N–H and O–H groups in total. The van der Waals surface area contributed by atoms with Crippen LogP contribution in [-0.4, -0.2) is 95.5 Å². The predicted octanol–water partition coefficient (Wildman–Crippen LogP) is 18.5. The summed E-state index contributed by atoms with van der Waals surface area (Å²) in [6, 6.07) is 33.3. The van der Waals surface area contributed by atoms with E-state index >= 15 is 0 Å². The van der Waals surface area contributed by atoms with Gasteiger partial charge in [0.2, 0.25) is 0 Å². The van der Waals surface area contributed by atoms with Crippen molar-refractivity contribution in [2.24, 2.45) is 0 Å². The van der Waals surface area contributed by atoms with Crippen LogP contribution in [0, 0.1) is 48.5 Å². The molecule has 0 saturated heterocycles. The fourth-order valence-electron chi connectivity index (χ4n) is 15.2. The zero-order valence-electron chi connectivity index (χ0n) is 58.1. The number of aromatic nitrogens is 2. The van der Waals surface area contributed by atoms with Crippen molar-refractivity contribution < 1.29 is 0 Å². The Balaban J connectivity index is 0.000000134. The highest BCUT2D eigenvalue weighted by Crippen LogP contribution is 2.38. The Kier molecular flexibility index (Phi) is 23.2. The summed E-state index contributed by atoms with van der Waals surface area (Å²) in [5.41, 5.74) is 15.3. The van der Waals surface area contributed by atoms with Crippen molar-refractivity contribution in [1.82, 2.24) is 34.5 Å². The number of aryl methyl sites for hydroxylation is 7. The third kappa shape index (κ3) is 15.5. The van der Waals surface area contributed by atoms with E-state index in [2.05, 4.69) is 317 Å². The molecule has 2 aromatic heterocycles. The van der Waals surface area contributed by atoms with Crippen LogP contribution >= 0.6 is 0 Å². The van der Waals surface area contributed by atoms with E-state index in [1.54, 1.807) is 0 Å². The number of anilines is 5. The van der Waals surface area contributed by atoms with E-state index in [0.29, 0.717) is 42.9 Å². The molecule has 5 aliphatic heterocycles. The Hall–Kier alpha value is -7.34. The van der Waals surface area contributed by atoms with Gasteiger partial charge in [0.1, 0.15) is 30.8 Å². The summed E-state index contributed by atoms with van der Waals surface area (Å²) in [6.07, 6.45) is 47.4. The normalized spacial score (nSPS) is 22.4. The van der Waals surface area contributed by atoms with Crippen molar-refractivity contribution in [2.45, 2.75) is 262 Å². The van der Waals surface area contributed by atoms with Crippen LogP contribution in [0.3, 0.4) is 0 Å². The quantitative estimate of drug-likeness (QED) is 0.134. The lowest BCUT2D eigenvalue weighted by Gasteiger charge is -2.38. The minimum atomic E-state index is 0.358. The van der Waals surface area contributed by atoms with Crippen molar-refractivity contribution in [3.8, 4) is 0 Å². The zero-order chi connectivity index (χ0) is 64.2. The van der Waals surface area contributed by atoms with Gasteiger partial charge in [0.15, 0.2) is 0 Å². The highest BCUT2D eigenvalue weighted by molar-refractivity contribution is 5.62. The van der Waals surface area contributed by atoms with Crippen molar-refractivity contribution in [2.75, 3.05) is 24.5 Å². The fraction of sp³-hybridized carbons (Fsp3) is 0.513. The average molecular weight is 1220 g/mol. The minimum absolute atomic E-state index is 0.358. The molecular weight excluding hydrogens is 1100 g/mol. The minimum Gasteiger partial charge on any atom is -0.353 e. The van der Waals surface area contributed by atoms with E-state index in [1.807, 2.05) is 12.4 Å². The molecule has 3 fully saturated rings. The molecule has 8 aliphatic rings. The summed E-state index contributed by atoms with van der Waals surface area (Å²) in [7, 11) is 0. The molecule has 7 heterocycles. The second-order valence-electron chi connectivity index (χ2n) is 27.1. The molecule has 484 valence electrons. The van der Waals surface area contributed by atoms with Crippen molar-refractivity contribution in [1.29, 1.82) is 0 Å². The van der Waals surface area contributed by atoms with Gasteiger partial charge in [-0.05, 0) is 207 Å². The zero-order valence-corrected chi connectivity index (χ0v) is 58.1. The predicted molar refractivity (Wildman–Crippen MR) is 382 cm³/mol. The van der Waals surface area contributed by atoms with Crippen LogP contribution < -0.4 is 24.5 Å². The monoisotopic (exact) mass is 1220 g/mol. The summed E-state index contributed by atoms with van der Waals surface area (Å²) in [5.74, 6) is 0. The summed E-state index contributed by atoms with van der Waals surface area (Å²) in [5, 5.41) is 0. The number of hydrogen-bond donors (Lipinski definition) is 0. The van der Waals surface area contributed by atoms with Crippen molar-refractivity contribution in [3.05, 3.63) is 199 Å². The molecule has 0 unspecified atom stereocenters. The van der Waals surface area contributed by atoms with Gasteiger partial charge in [-0.15, -0.1) is 0 Å². The molecule has 5 atom stereocenters. The lowest BCUT2D eigenvalue weighted by Crippen LogP contribution is -2.43. The van der Waals surface area contributed by atoms with Crippen molar-refractivity contribution in [3.63, 3.8) is 0 Å². The van der Waals surface area contributed by atoms with Crippen LogP contribution in [0.1, 0.15) is 191 Å². The molecule has 5 aromatic rings. The summed E-state index contributed by atoms with van der Waals surface area (Å²) in [6.45, 7) is 35.3. The van der Waals surface area contributed by atoms with E-state index in [-0.39, 0.29) is 0 Å². The molecule has 0 radical (unpaired) electrons. The van der Waals surface area contributed by atoms with Gasteiger partial charge in [-0.25, -0.2) is 0 Å². The van der Waals surface area contributed by atoms with E-state index < -0.39 is 0 Å². The fourth-order valence-corrected chi connectivity index (χ4v) is 15.2. The average Bonchev–Trinajstić information content (AvgIpc) is 2.61. The molecule has 3 saturated carbocycles. The van der Waals surface area contributed by atoms with Gasteiger partial charge in [-0.3, -0.25) is 9.97 Å². The summed E-state index contributed by atoms with van der Waals surface area (Å²) in [4.78, 5) is 33.0. The number of pyridine rings is 2. The van der Waals surface area contributed by atoms with Gasteiger partial charge in [0, 0.05) is 122 Å². The summed E-state index contributed by atoms with van der Waals surface area (Å²) >= 11 is 0. The molecule has 0 amide bonds. The second-order valence-corrected chi connectivity index (χ2v) is 27.1. The van der Waals surface area contributed by atoms with Gasteiger partial charge >= 0.3 is 0 Å². The van der Waals surface area contributed by atoms with Crippen LogP contribution in [0.25, 0.3) is 0 Å². The molecule has 12 nitrogen and oxygen atoms in total. The highest BCUT2D eigenvalue weighted by Gasteiger charge is 2.34. The van der Waals surface area contributed by atoms with Gasteiger partial charge in [-0.2, -0.15) is 0 Å². The topological polar surface area (TPSA) is 58.2 Å². The molecule has 0 spiro atoms. The van der Waals surface area contributed by atoms with E-state index in [4.69, 9.17) is 0 Å². The van der Waals surface area contributed by atoms with Crippen LogP contribution in [0.2, 0.25) is 0 Å². The van der Waals surface area contributed by atoms with E-state index in [9.17, 15) is 0 Å². The number of para-hydroxylation sites is 3. The molecule has 12 heteroatoms. The maximum atomic E-state index is 4.46. The molecule has 90 heavy (non-hydrogen) atoms. The number of benzene rings is 3. The van der Waals surface area contributed by atoms with E-state index in [0.717, 1.165) is 29.5 Å². The third-order valence-corrected chi connectivity index (χ3v) is 20.4. The Morgan fingerprint density at radius 2 is 0.589 bits per heavy atom. The van der Waals surface area contributed by atoms with Gasteiger partial charge in [0.05, 0.1) is 22.8 Å². The first-order chi connectivity index (χ1) is 43.4. The van der Waals surface area contributed by atoms with Gasteiger partial charge in [-0.1, -0.05) is 106 Å². The Bertz CT molecular complexity index is 3190. The third-order valence-electron chi connectivity index (χ3n) is 20.4. The second kappa shape index (κ2) is 31.1. The maximum absolute atomic E-state index is 4.46. The number of nitrogens with zero attached hydrogens (tertiary/aromatic N) is 12. The van der Waals surface area contributed by atoms with Crippen LogP contribution in [0.15, 0.2) is 159 Å². The Morgan fingerprint density at radius 3 is 0.922 bits per heavy atom. The SMILES string of the molecule is Cc1ccccc1N1C=CN(C(C)C)[C@H]1C.Cc1ccccc1N1C=CN(C2CCCC2)[C@H]1C.Cc1ccccc1N1C=CN(C2CCCCC2)[C@H]1C.Cc1ccnc(C)c1N1C=CN(C(C)C)[C@H]1C.Cc1ccnc(C)c1N1C=CN(C2CCCCC2)[C@H]1C. The van der Waals surface area contributed by atoms with Crippen molar-refractivity contribution >= 4 is 28.4 Å². The maximum Gasteiger partial charge on any atom is 0.103 e. The van der Waals surface area contributed by atoms with Crippen LogP contribution in [0.5, 0.6) is 0 Å². The highest BCUT2D eigenvalue weighted by atomic mass is 15.4. The standard InChI is InChI=1S/C17H25N3.C17H24N2.C16H22N2.C14H21N3.C14H20N2/c1-13-9-10-18-14(2)17(13)20-12-11-19(15(20)3)16-7-5-4-6-8-16;1-14-8-6-7-11-17(14)19-13-12-18(15(19)2)16-9-4-3-5-10-16;1-13-7-3-6-10-16(13)18-12-11-17(14(18)2)15-8-4-5-9-15;1-10(2)16-8-9-17(13(16)5)14-11(3)6-7-15-12(14)4;1-11(2)15-9-10-16(13(15)4)14-8-6-5-7-12(14)3/h9-12,15-16H,4-8H2,1-3H3;6-8,11-13,15-16H,3-5,9-10H2,1-2H3;3,6-7,10-12,14-15H,4-5,8-9H2,1-2H3;6-10,13H,1-5H3;5-11,13H,1-4H3/t2*15-;14-;2*13-/m11111/s1. The molecule has 0 bridgehead atoms. The van der Waals surface area contributed by atoms with Gasteiger partial charge in [0.25, 0.3) is 0 Å². The first-order valence-electron chi connectivity index (χ1n) is 34.6. The Labute approximate surface area is 544 Å². The molecule has 13 rings (SSSR count). The number of hydrogen-bond acceptors (Lipinski definition) is 12. The smallest absolute Gasteiger partial charge is 0.103 e. The summed E-state index contributed by atoms with van der Waals surface area (Å²) < 4.78 is 0. The first-order valence-corrected chi connectivity index (χ1v) is 34.6. The number of rotatable bonds is 10. The van der Waals surface area contributed by atoms with Crippen LogP contribution in [-0.2, 0) is 0 Å². The van der Waals surface area contributed by atoms with E-state index in [1.165, 1.54) is 146 Å². The molecular formula is C78H112N12. The largest absolute Gasteiger partial charge is 0.353 e. The molecule has 3 aliphatic carbocycles. The lowest BCUT2D eigenvalue weighted by molar-refractivity contribution is 0.187. The molecule has 3 aromatic carbocycles. The Morgan fingerprint density at radius 1 is 0.311 bits per heavy atom. The first kappa shape index (κ1) is 67.1. The lowest BCUT2D eigenvalue weighted by atomic mass is 9.94. The van der Waals surface area contributed by atoms with Gasteiger partial charge < -0.3 is 49.0 Å². The van der Waals surface area contributed by atoms with Crippen LogP contribution in [0.4, 0.5) is 28.4 Å².